The Morgan fingerprint density at radius 3 is 1.61 bits per heavy atom. The molecule has 0 aliphatic carbocycles. The van der Waals surface area contributed by atoms with E-state index in [0.717, 1.165) is 36.8 Å². The van der Waals surface area contributed by atoms with E-state index in [0.29, 0.717) is 45.1 Å². The first-order chi connectivity index (χ1) is 40.0. The molecule has 8 rings (SSSR count). The van der Waals surface area contributed by atoms with Gasteiger partial charge >= 0.3 is 0 Å². The maximum Gasteiger partial charge on any atom is 0.193 e. The van der Waals surface area contributed by atoms with E-state index >= 15 is 4.79 Å². The van der Waals surface area contributed by atoms with Crippen LogP contribution in [-0.4, -0.2) is 164 Å². The topological polar surface area (TPSA) is 139 Å². The van der Waals surface area contributed by atoms with E-state index in [1.54, 1.807) is 7.11 Å². The Labute approximate surface area is 543 Å². The first kappa shape index (κ1) is 76.5. The van der Waals surface area contributed by atoms with E-state index in [9.17, 15) is 5.11 Å². The molecule has 0 amide bonds. The number of aliphatic hydroxyl groups excluding tert-OH is 1. The van der Waals surface area contributed by atoms with Gasteiger partial charge in [0.2, 0.25) is 0 Å². The molecule has 8 bridgehead atoms. The predicted octanol–water partition coefficient (Wildman–Crippen LogP) is 17.0. The van der Waals surface area contributed by atoms with Gasteiger partial charge in [-0.3, -0.25) is 4.79 Å². The summed E-state index contributed by atoms with van der Waals surface area (Å²) >= 11 is 0. The number of carbonyl (C=O) groups is 1. The Bertz CT molecular complexity index is 2360. The van der Waals surface area contributed by atoms with Crippen molar-refractivity contribution >= 4 is 47.4 Å². The van der Waals surface area contributed by atoms with Gasteiger partial charge in [0.05, 0.1) is 79.9 Å². The van der Waals surface area contributed by atoms with Gasteiger partial charge in [-0.25, -0.2) is 0 Å². The Morgan fingerprint density at radius 2 is 1.06 bits per heavy atom. The second kappa shape index (κ2) is 28.7. The van der Waals surface area contributed by atoms with Gasteiger partial charge in [-0.05, 0) is 159 Å². The lowest BCUT2D eigenvalue weighted by Gasteiger charge is -2.56. The van der Waals surface area contributed by atoms with Crippen LogP contribution in [0, 0.1) is 11.8 Å². The summed E-state index contributed by atoms with van der Waals surface area (Å²) in [5.74, 6) is 0.0699. The molecule has 13 nitrogen and oxygen atoms in total. The number of Topliss-reactive ketones (excluding diaryl/α,β-unsaturated/α-hetero) is 1. The highest BCUT2D eigenvalue weighted by Crippen LogP contribution is 2.50. The van der Waals surface area contributed by atoms with E-state index < -0.39 is 84.3 Å². The van der Waals surface area contributed by atoms with Gasteiger partial charge in [0.25, 0.3) is 0 Å². The molecule has 1 N–H and O–H groups in total. The molecular formula is C70H132O13Si5. The van der Waals surface area contributed by atoms with Crippen LogP contribution in [0.5, 0.6) is 0 Å². The third-order valence-corrected chi connectivity index (χ3v) is 46.1. The summed E-state index contributed by atoms with van der Waals surface area (Å²) in [7, 11) is -10.3. The highest BCUT2D eigenvalue weighted by molar-refractivity contribution is 6.76. The molecule has 18 heteroatoms. The van der Waals surface area contributed by atoms with Gasteiger partial charge in [-0.2, -0.15) is 0 Å². The van der Waals surface area contributed by atoms with Gasteiger partial charge in [-0.1, -0.05) is 136 Å². The van der Waals surface area contributed by atoms with Crippen LogP contribution in [0.4, 0.5) is 0 Å². The zero-order valence-electron chi connectivity index (χ0n) is 61.0. The lowest BCUT2D eigenvalue weighted by molar-refractivity contribution is -0.266. The summed E-state index contributed by atoms with van der Waals surface area (Å²) in [5, 5.41) is 11.5. The molecule has 88 heavy (non-hydrogen) atoms. The number of carbonyl (C=O) groups excluding carboxylic acids is 1. The summed E-state index contributed by atoms with van der Waals surface area (Å²) in [4.78, 5) is 15.4. The summed E-state index contributed by atoms with van der Waals surface area (Å²) < 4.78 is 80.5. The number of ether oxygens (including phenoxy) is 6. The number of ketones is 1. The molecule has 0 radical (unpaired) electrons. The van der Waals surface area contributed by atoms with Gasteiger partial charge < -0.3 is 55.7 Å². The van der Waals surface area contributed by atoms with Crippen molar-refractivity contribution < 1.29 is 60.5 Å². The third kappa shape index (κ3) is 18.7. The average Bonchev–Trinajstić information content (AvgIpc) is 0.954. The van der Waals surface area contributed by atoms with Crippen LogP contribution in [0.25, 0.3) is 0 Å². The largest absolute Gasteiger partial charge is 0.414 e. The fraction of sp³-hybridized carbons (Fsp3) is 0.900. The van der Waals surface area contributed by atoms with E-state index in [4.69, 9.17) is 50.6 Å². The summed E-state index contributed by atoms with van der Waals surface area (Å²) in [5.41, 5.74) is 2.17. The zero-order chi connectivity index (χ0) is 66.5. The lowest BCUT2D eigenvalue weighted by Crippen LogP contribution is -2.69. The fourth-order valence-electron chi connectivity index (χ4n) is 12.5. The molecule has 0 saturated carbocycles. The number of hydrogen-bond donors (Lipinski definition) is 1. The monoisotopic (exact) mass is 1320 g/mol. The van der Waals surface area contributed by atoms with Crippen LogP contribution >= 0.6 is 0 Å². The van der Waals surface area contributed by atoms with Crippen LogP contribution in [0.2, 0.25) is 90.7 Å². The van der Waals surface area contributed by atoms with Crippen LogP contribution < -0.4 is 0 Å². The molecule has 8 heterocycles. The minimum absolute atomic E-state index is 0.0128. The zero-order valence-corrected chi connectivity index (χ0v) is 66.0. The van der Waals surface area contributed by atoms with Gasteiger partial charge in [0.1, 0.15) is 30.2 Å². The van der Waals surface area contributed by atoms with Crippen molar-refractivity contribution in [2.75, 3.05) is 13.7 Å². The molecule has 0 spiro atoms. The quantitative estimate of drug-likeness (QED) is 0.131. The molecule has 510 valence electrons. The average molecular weight is 1320 g/mol. The third-order valence-electron chi connectivity index (χ3n) is 23.7. The van der Waals surface area contributed by atoms with Crippen molar-refractivity contribution in [1.82, 2.24) is 0 Å². The molecule has 8 aliphatic rings. The van der Waals surface area contributed by atoms with Gasteiger partial charge in [0, 0.05) is 38.7 Å². The van der Waals surface area contributed by atoms with E-state index in [-0.39, 0.29) is 111 Å². The fourth-order valence-corrected chi connectivity index (χ4v) is 18.8. The highest BCUT2D eigenvalue weighted by atomic mass is 28.4. The molecule has 8 aliphatic heterocycles. The van der Waals surface area contributed by atoms with Crippen molar-refractivity contribution in [2.24, 2.45) is 11.8 Å². The number of fused-ring (bicyclic) bond motifs is 2. The normalized spacial score (nSPS) is 35.4. The van der Waals surface area contributed by atoms with Crippen LogP contribution in [0.15, 0.2) is 36.5 Å². The van der Waals surface area contributed by atoms with Crippen molar-refractivity contribution in [2.45, 2.75) is 376 Å². The second-order valence-electron chi connectivity index (χ2n) is 35.7. The number of aliphatic hydroxyl groups is 1. The van der Waals surface area contributed by atoms with E-state index in [1.807, 2.05) is 6.08 Å². The maximum atomic E-state index is 15.4. The molecule has 0 aromatic rings. The Morgan fingerprint density at radius 1 is 0.545 bits per heavy atom. The Balaban J connectivity index is 1.45. The van der Waals surface area contributed by atoms with Gasteiger partial charge in [0.15, 0.2) is 41.6 Å². The maximum absolute atomic E-state index is 15.4. The SMILES string of the molecule is C=C1CC2CCC(O)/C=C/[C@H](O[Si](C)(C)C(C)(C)C)[C@@H]3O[C@H]4CCC(CC(=O)C[C@@H]5[C@@H](OC)[C@@H](C[C@@H](CO[Si](C)(C)C(C)(C)C)O[Si](C)(C)C(C)(C)C)O[C@H]5CC5O[C@@H](CCC1O2)C[C@@H](C)C5=C)O[C@@H]4[C@H](O[Si](C)(C)C(C)(C)C)[C@@H]3O[Si](C)(C)C(C)(C)C. The number of methoxy groups -OCH3 is 1. The predicted molar refractivity (Wildman–Crippen MR) is 372 cm³/mol. The molecule has 0 aromatic heterocycles. The summed E-state index contributed by atoms with van der Waals surface area (Å²) in [6.07, 6.45) is 5.27. The van der Waals surface area contributed by atoms with Crippen molar-refractivity contribution in [1.29, 1.82) is 0 Å². The van der Waals surface area contributed by atoms with Crippen molar-refractivity contribution in [3.8, 4) is 0 Å². The van der Waals surface area contributed by atoms with Crippen molar-refractivity contribution in [3.05, 3.63) is 36.5 Å². The molecule has 5 fully saturated rings. The standard InChI is InChI=1S/C70H132O13Si5/c1-45-38-51-33-36-55-46(2)39-50(75-55)32-30-48(71)31-35-57(81-86(24,25)68(10,11)12)63-65(83-88(28,29)70(16,17)18)64(82-87(26,27)69(13,14)15)62-56(79-63)37-34-52(77-62)40-49(72)41-54-59(43-58(76-51)47(45)3)78-60(61(54)73-19)42-53(80-85(22,23)67(7,8)9)44-74-84(20,21)66(4,5)6/h31,35,45,48,50-65,71H,2-3,30,32-34,36-44H2,1,4-29H3/b35-31+/t45-,48?,50?,51+,52?,53+,54+,55?,56+,57+,58?,59+,60-,61-,62+,63+,64+,65-/m1/s1. The highest BCUT2D eigenvalue weighted by Gasteiger charge is 2.59. The minimum Gasteiger partial charge on any atom is -0.414 e. The Hall–Kier alpha value is -0.506. The summed E-state index contributed by atoms with van der Waals surface area (Å²) in [6, 6.07) is 0. The second-order valence-corrected chi connectivity index (χ2v) is 59.5. The Kier molecular flexibility index (Phi) is 24.9. The van der Waals surface area contributed by atoms with E-state index in [1.165, 1.54) is 0 Å². The first-order valence-electron chi connectivity index (χ1n) is 34.4. The molecule has 18 atom stereocenters. The van der Waals surface area contributed by atoms with Crippen LogP contribution in [-0.2, 0) is 55.3 Å². The summed E-state index contributed by atoms with van der Waals surface area (Å²) in [6.45, 7) is 69.2. The smallest absolute Gasteiger partial charge is 0.193 e. The first-order valence-corrected chi connectivity index (χ1v) is 48.9. The lowest BCUT2D eigenvalue weighted by atomic mass is 9.81. The molecular weight excluding hydrogens is 1190 g/mol. The van der Waals surface area contributed by atoms with Gasteiger partial charge in [-0.15, -0.1) is 0 Å². The van der Waals surface area contributed by atoms with Crippen LogP contribution in [0.1, 0.15) is 188 Å². The molecule has 5 unspecified atom stereocenters. The van der Waals surface area contributed by atoms with Crippen molar-refractivity contribution in [3.63, 3.8) is 0 Å². The molecule has 5 saturated heterocycles. The van der Waals surface area contributed by atoms with E-state index in [2.05, 4.69) is 195 Å². The molecule has 0 aromatic carbocycles. The number of rotatable bonds is 14. The van der Waals surface area contributed by atoms with Crippen LogP contribution in [0.3, 0.4) is 0 Å². The minimum atomic E-state index is -2.58. The number of hydrogen-bond acceptors (Lipinski definition) is 13.